The number of thioether (sulfide) groups is 1. The van der Waals surface area contributed by atoms with Crippen LogP contribution in [-0.2, 0) is 5.75 Å². The number of benzene rings is 2. The molecule has 0 heterocycles. The fourth-order valence-electron chi connectivity index (χ4n) is 2.10. The van der Waals surface area contributed by atoms with Gasteiger partial charge in [0.25, 0.3) is 0 Å². The highest BCUT2D eigenvalue weighted by atomic mass is 32.2. The van der Waals surface area contributed by atoms with Crippen molar-refractivity contribution >= 4 is 22.6 Å². The zero-order chi connectivity index (χ0) is 15.4. The molecule has 21 heavy (non-hydrogen) atoms. The van der Waals surface area contributed by atoms with Gasteiger partial charge in [0.15, 0.2) is 5.17 Å². The molecule has 0 saturated heterocycles. The Labute approximate surface area is 131 Å². The largest absolute Gasteiger partial charge is 0.378 e. The third-order valence-corrected chi connectivity index (χ3v) is 4.32. The second-order valence-corrected chi connectivity index (χ2v) is 6.45. The lowest BCUT2D eigenvalue weighted by atomic mass is 10.1. The molecule has 0 atom stereocenters. The van der Waals surface area contributed by atoms with Gasteiger partial charge in [0.2, 0.25) is 0 Å². The maximum atomic E-state index is 6.07. The molecule has 0 aromatic heterocycles. The van der Waals surface area contributed by atoms with Gasteiger partial charge in [0.05, 0.1) is 5.69 Å². The lowest BCUT2D eigenvalue weighted by Crippen LogP contribution is -2.06. The molecule has 2 nitrogen and oxygen atoms in total. The van der Waals surface area contributed by atoms with Crippen molar-refractivity contribution in [3.8, 4) is 0 Å². The van der Waals surface area contributed by atoms with Crippen LogP contribution in [0.25, 0.3) is 0 Å². The van der Waals surface area contributed by atoms with Crippen molar-refractivity contribution in [1.82, 2.24) is 0 Å². The first-order valence-corrected chi connectivity index (χ1v) is 8.04. The van der Waals surface area contributed by atoms with Crippen LogP contribution in [0.4, 0.5) is 5.69 Å². The van der Waals surface area contributed by atoms with Gasteiger partial charge in [-0.2, -0.15) is 0 Å². The summed E-state index contributed by atoms with van der Waals surface area (Å²) in [4.78, 5) is 4.54. The second kappa shape index (κ2) is 6.81. The Morgan fingerprint density at radius 1 is 0.952 bits per heavy atom. The van der Waals surface area contributed by atoms with E-state index in [-0.39, 0.29) is 0 Å². The third kappa shape index (κ3) is 4.36. The van der Waals surface area contributed by atoms with E-state index < -0.39 is 0 Å². The van der Waals surface area contributed by atoms with Crippen LogP contribution in [0, 0.1) is 27.7 Å². The first-order chi connectivity index (χ1) is 9.95. The molecule has 2 rings (SSSR count). The number of amidine groups is 1. The molecule has 3 heteroatoms. The van der Waals surface area contributed by atoms with Crippen LogP contribution in [0.3, 0.4) is 0 Å². The summed E-state index contributed by atoms with van der Waals surface area (Å²) < 4.78 is 0. The highest BCUT2D eigenvalue weighted by molar-refractivity contribution is 8.13. The van der Waals surface area contributed by atoms with E-state index in [1.165, 1.54) is 22.3 Å². The van der Waals surface area contributed by atoms with Crippen LogP contribution in [0.2, 0.25) is 0 Å². The van der Waals surface area contributed by atoms with Gasteiger partial charge >= 0.3 is 0 Å². The smallest absolute Gasteiger partial charge is 0.159 e. The topological polar surface area (TPSA) is 38.4 Å². The Bertz CT molecular complexity index is 675. The zero-order valence-corrected chi connectivity index (χ0v) is 13.9. The first kappa shape index (κ1) is 15.6. The molecule has 0 fully saturated rings. The first-order valence-electron chi connectivity index (χ1n) is 7.06. The average Bonchev–Trinajstić information content (AvgIpc) is 2.44. The maximum Gasteiger partial charge on any atom is 0.159 e. The fraction of sp³-hybridized carbons (Fsp3) is 0.278. The lowest BCUT2D eigenvalue weighted by molar-refractivity contribution is 1.28. The summed E-state index contributed by atoms with van der Waals surface area (Å²) in [6.45, 7) is 8.37. The van der Waals surface area contributed by atoms with Gasteiger partial charge in [-0.05, 0) is 56.0 Å². The Morgan fingerprint density at radius 2 is 1.57 bits per heavy atom. The molecule has 2 aromatic carbocycles. The highest BCUT2D eigenvalue weighted by Gasteiger charge is 2.03. The molecule has 0 spiro atoms. The molecular formula is C18H22N2S. The zero-order valence-electron chi connectivity index (χ0n) is 13.1. The van der Waals surface area contributed by atoms with Crippen LogP contribution in [0.5, 0.6) is 0 Å². The Hall–Kier alpha value is -1.74. The van der Waals surface area contributed by atoms with Gasteiger partial charge in [-0.3, -0.25) is 0 Å². The van der Waals surface area contributed by atoms with Crippen molar-refractivity contribution in [2.45, 2.75) is 33.4 Å². The van der Waals surface area contributed by atoms with Crippen molar-refractivity contribution in [1.29, 1.82) is 0 Å². The summed E-state index contributed by atoms with van der Waals surface area (Å²) in [5.74, 6) is 0.855. The minimum Gasteiger partial charge on any atom is -0.378 e. The number of nitrogens with zero attached hydrogens (tertiary/aromatic N) is 1. The van der Waals surface area contributed by atoms with E-state index in [0.717, 1.165) is 17.0 Å². The van der Waals surface area contributed by atoms with Crippen LogP contribution in [-0.4, -0.2) is 5.17 Å². The van der Waals surface area contributed by atoms with E-state index in [2.05, 4.69) is 69.1 Å². The lowest BCUT2D eigenvalue weighted by Gasteiger charge is -2.07. The van der Waals surface area contributed by atoms with Gasteiger partial charge in [-0.15, -0.1) is 0 Å². The Balaban J connectivity index is 2.10. The molecule has 110 valence electrons. The molecule has 0 saturated carbocycles. The van der Waals surface area contributed by atoms with E-state index in [9.17, 15) is 0 Å². The molecule has 0 radical (unpaired) electrons. The molecule has 0 amide bonds. The number of rotatable bonds is 3. The number of aryl methyl sites for hydroxylation is 4. The summed E-state index contributed by atoms with van der Waals surface area (Å²) in [5, 5.41) is 0.615. The van der Waals surface area contributed by atoms with Crippen LogP contribution in [0.15, 0.2) is 41.4 Å². The van der Waals surface area contributed by atoms with Crippen molar-refractivity contribution in [2.75, 3.05) is 0 Å². The summed E-state index contributed by atoms with van der Waals surface area (Å²) in [6, 6.07) is 12.7. The van der Waals surface area contributed by atoms with E-state index in [0.29, 0.717) is 5.17 Å². The minimum absolute atomic E-state index is 0.615. The maximum absolute atomic E-state index is 6.07. The quantitative estimate of drug-likeness (QED) is 0.653. The number of aliphatic imine (C=N–C) groups is 1. The third-order valence-electron chi connectivity index (χ3n) is 3.48. The predicted octanol–water partition coefficient (Wildman–Crippen LogP) is 4.80. The standard InChI is InChI=1S/C18H22N2S/c1-12-5-7-14(3)16(9-12)11-21-18(19)20-17-10-13(2)6-8-15(17)4/h5-10H,11H2,1-4H3,(H2,19,20). The summed E-state index contributed by atoms with van der Waals surface area (Å²) in [5.41, 5.74) is 13.3. The normalized spacial score (nSPS) is 11.7. The Kier molecular flexibility index (Phi) is 5.07. The average molecular weight is 298 g/mol. The molecule has 2 aromatic rings. The molecule has 0 aliphatic heterocycles. The van der Waals surface area contributed by atoms with Crippen LogP contribution in [0.1, 0.15) is 27.8 Å². The van der Waals surface area contributed by atoms with Crippen molar-refractivity contribution < 1.29 is 0 Å². The highest BCUT2D eigenvalue weighted by Crippen LogP contribution is 2.23. The molecule has 0 aliphatic carbocycles. The number of hydrogen-bond donors (Lipinski definition) is 1. The summed E-state index contributed by atoms with van der Waals surface area (Å²) >= 11 is 1.59. The summed E-state index contributed by atoms with van der Waals surface area (Å²) in [6.07, 6.45) is 0. The number of nitrogens with two attached hydrogens (primary N) is 1. The Morgan fingerprint density at radius 3 is 2.29 bits per heavy atom. The van der Waals surface area contributed by atoms with Crippen molar-refractivity contribution in [3.63, 3.8) is 0 Å². The summed E-state index contributed by atoms with van der Waals surface area (Å²) in [7, 11) is 0. The van der Waals surface area contributed by atoms with Crippen molar-refractivity contribution in [3.05, 3.63) is 64.2 Å². The monoisotopic (exact) mass is 298 g/mol. The SMILES string of the molecule is Cc1ccc(C)c(CSC(N)=Nc2cc(C)ccc2C)c1. The van der Waals surface area contributed by atoms with Gasteiger partial charge in [-0.1, -0.05) is 47.7 Å². The van der Waals surface area contributed by atoms with E-state index in [1.54, 1.807) is 11.8 Å². The van der Waals surface area contributed by atoms with E-state index in [1.807, 2.05) is 0 Å². The van der Waals surface area contributed by atoms with Gasteiger partial charge in [0, 0.05) is 5.75 Å². The molecule has 0 aliphatic rings. The molecule has 2 N–H and O–H groups in total. The minimum atomic E-state index is 0.615. The fourth-order valence-corrected chi connectivity index (χ4v) is 2.88. The van der Waals surface area contributed by atoms with Gasteiger partial charge < -0.3 is 5.73 Å². The van der Waals surface area contributed by atoms with Crippen molar-refractivity contribution in [2.24, 2.45) is 10.7 Å². The van der Waals surface area contributed by atoms with Crippen LogP contribution >= 0.6 is 11.8 Å². The van der Waals surface area contributed by atoms with E-state index >= 15 is 0 Å². The second-order valence-electron chi connectivity index (χ2n) is 5.46. The van der Waals surface area contributed by atoms with Crippen LogP contribution < -0.4 is 5.73 Å². The molecular weight excluding hydrogens is 276 g/mol. The van der Waals surface area contributed by atoms with Gasteiger partial charge in [-0.25, -0.2) is 4.99 Å². The van der Waals surface area contributed by atoms with E-state index in [4.69, 9.17) is 5.73 Å². The van der Waals surface area contributed by atoms with Gasteiger partial charge in [0.1, 0.15) is 0 Å². The number of hydrogen-bond acceptors (Lipinski definition) is 2. The molecule has 0 bridgehead atoms. The molecule has 0 unspecified atom stereocenters. The predicted molar refractivity (Wildman–Crippen MR) is 94.4 cm³/mol.